The summed E-state index contributed by atoms with van der Waals surface area (Å²) >= 11 is 0. The highest BCUT2D eigenvalue weighted by molar-refractivity contribution is 5.33. The highest BCUT2D eigenvalue weighted by Gasteiger charge is 2.23. The largest absolute Gasteiger partial charge is 0.480 e. The maximum atomic E-state index is 13.7. The van der Waals surface area contributed by atoms with Crippen molar-refractivity contribution in [1.29, 1.82) is 0 Å². The van der Waals surface area contributed by atoms with Crippen LogP contribution in [0.25, 0.3) is 0 Å². The Morgan fingerprint density at radius 1 is 1.20 bits per heavy atom. The van der Waals surface area contributed by atoms with Gasteiger partial charge in [0.2, 0.25) is 11.8 Å². The molecule has 1 N–H and O–H groups in total. The summed E-state index contributed by atoms with van der Waals surface area (Å²) in [5, 5.41) is 10.1. The lowest BCUT2D eigenvalue weighted by molar-refractivity contribution is 0.200. The van der Waals surface area contributed by atoms with Crippen LogP contribution < -0.4 is 9.47 Å². The fraction of sp³-hybridized carbons (Fsp3) is 0.231. The molecule has 2 rings (SSSR count). The van der Waals surface area contributed by atoms with Crippen LogP contribution in [-0.4, -0.2) is 29.3 Å². The van der Waals surface area contributed by atoms with Crippen LogP contribution in [0.15, 0.2) is 24.4 Å². The summed E-state index contributed by atoms with van der Waals surface area (Å²) in [5.41, 5.74) is -0.277. The zero-order valence-electron chi connectivity index (χ0n) is 10.8. The standard InChI is InChI=1S/C13H12F2N2O3/c1-19-9-6-16-11(13(17-9)20-2)12(18)7-4-3-5-8(14)10(7)15/h3-6,12,18H,1-2H3. The maximum absolute atomic E-state index is 13.7. The first-order chi connectivity index (χ1) is 9.58. The van der Waals surface area contributed by atoms with Crippen molar-refractivity contribution in [2.45, 2.75) is 6.10 Å². The quantitative estimate of drug-likeness (QED) is 0.927. The van der Waals surface area contributed by atoms with Crippen molar-refractivity contribution in [3.63, 3.8) is 0 Å². The fourth-order valence-corrected chi connectivity index (χ4v) is 1.68. The summed E-state index contributed by atoms with van der Waals surface area (Å²) in [4.78, 5) is 7.84. The van der Waals surface area contributed by atoms with Gasteiger partial charge in [0, 0.05) is 5.56 Å². The van der Waals surface area contributed by atoms with Gasteiger partial charge in [-0.25, -0.2) is 13.8 Å². The topological polar surface area (TPSA) is 64.5 Å². The minimum absolute atomic E-state index is 0.0273. The van der Waals surface area contributed by atoms with Gasteiger partial charge in [-0.15, -0.1) is 0 Å². The van der Waals surface area contributed by atoms with Gasteiger partial charge in [-0.3, -0.25) is 0 Å². The number of hydrogen-bond donors (Lipinski definition) is 1. The van der Waals surface area contributed by atoms with E-state index < -0.39 is 17.7 Å². The fourth-order valence-electron chi connectivity index (χ4n) is 1.68. The van der Waals surface area contributed by atoms with E-state index in [-0.39, 0.29) is 23.0 Å². The first kappa shape index (κ1) is 14.1. The molecule has 0 saturated carbocycles. The number of rotatable bonds is 4. The Balaban J connectivity index is 2.47. The molecule has 2 aromatic rings. The summed E-state index contributed by atoms with van der Waals surface area (Å²) in [6.07, 6.45) is -0.253. The number of ether oxygens (including phenoxy) is 2. The lowest BCUT2D eigenvalue weighted by Crippen LogP contribution is -2.09. The number of halogens is 2. The van der Waals surface area contributed by atoms with E-state index in [2.05, 4.69) is 9.97 Å². The molecule has 0 spiro atoms. The minimum atomic E-state index is -1.50. The smallest absolute Gasteiger partial charge is 0.241 e. The van der Waals surface area contributed by atoms with Gasteiger partial charge in [-0.1, -0.05) is 12.1 Å². The Kier molecular flexibility index (Phi) is 4.09. The second-order valence-corrected chi connectivity index (χ2v) is 3.85. The summed E-state index contributed by atoms with van der Waals surface area (Å²) in [5.74, 6) is -2.04. The van der Waals surface area contributed by atoms with Crippen LogP contribution in [0.3, 0.4) is 0 Å². The van der Waals surface area contributed by atoms with E-state index in [0.717, 1.165) is 6.07 Å². The van der Waals surface area contributed by atoms with Gasteiger partial charge >= 0.3 is 0 Å². The van der Waals surface area contributed by atoms with E-state index >= 15 is 0 Å². The molecule has 1 aromatic carbocycles. The van der Waals surface area contributed by atoms with Crippen molar-refractivity contribution in [3.8, 4) is 11.8 Å². The van der Waals surface area contributed by atoms with Crippen LogP contribution >= 0.6 is 0 Å². The van der Waals surface area contributed by atoms with Gasteiger partial charge in [-0.05, 0) is 6.07 Å². The lowest BCUT2D eigenvalue weighted by atomic mass is 10.1. The summed E-state index contributed by atoms with van der Waals surface area (Å²) < 4.78 is 36.7. The number of hydrogen-bond acceptors (Lipinski definition) is 5. The van der Waals surface area contributed by atoms with Gasteiger partial charge < -0.3 is 14.6 Å². The van der Waals surface area contributed by atoms with Crippen molar-refractivity contribution < 1.29 is 23.4 Å². The molecule has 0 saturated heterocycles. The number of aliphatic hydroxyl groups is 1. The van der Waals surface area contributed by atoms with Crippen LogP contribution in [-0.2, 0) is 0 Å². The van der Waals surface area contributed by atoms with E-state index in [1.807, 2.05) is 0 Å². The molecule has 20 heavy (non-hydrogen) atoms. The Bertz CT molecular complexity index is 623. The normalized spacial score (nSPS) is 12.1. The third kappa shape index (κ3) is 2.53. The van der Waals surface area contributed by atoms with Crippen molar-refractivity contribution in [2.24, 2.45) is 0 Å². The molecule has 0 aliphatic rings. The highest BCUT2D eigenvalue weighted by Crippen LogP contribution is 2.30. The first-order valence-corrected chi connectivity index (χ1v) is 5.65. The van der Waals surface area contributed by atoms with Crippen molar-refractivity contribution >= 4 is 0 Å². The molecule has 0 bridgehead atoms. The SMILES string of the molecule is COc1cnc(C(O)c2cccc(F)c2F)c(OC)n1. The first-order valence-electron chi connectivity index (χ1n) is 5.65. The zero-order valence-corrected chi connectivity index (χ0v) is 10.8. The molecular weight excluding hydrogens is 270 g/mol. The van der Waals surface area contributed by atoms with E-state index in [0.29, 0.717) is 0 Å². The predicted octanol–water partition coefficient (Wildman–Crippen LogP) is 1.85. The molecule has 1 heterocycles. The maximum Gasteiger partial charge on any atom is 0.241 e. The molecular formula is C13H12F2N2O3. The van der Waals surface area contributed by atoms with Crippen LogP contribution in [0.2, 0.25) is 0 Å². The molecule has 1 aromatic heterocycles. The molecule has 106 valence electrons. The number of methoxy groups -OCH3 is 2. The van der Waals surface area contributed by atoms with E-state index in [9.17, 15) is 13.9 Å². The van der Waals surface area contributed by atoms with Gasteiger partial charge in [0.05, 0.1) is 20.4 Å². The average Bonchev–Trinajstić information content (AvgIpc) is 2.48. The van der Waals surface area contributed by atoms with E-state index in [1.165, 1.54) is 32.5 Å². The van der Waals surface area contributed by atoms with E-state index in [4.69, 9.17) is 9.47 Å². The van der Waals surface area contributed by atoms with Crippen LogP contribution in [0.1, 0.15) is 17.4 Å². The third-order valence-electron chi connectivity index (χ3n) is 2.68. The number of benzene rings is 1. The van der Waals surface area contributed by atoms with Gasteiger partial charge in [0.15, 0.2) is 11.6 Å². The monoisotopic (exact) mass is 282 g/mol. The Morgan fingerprint density at radius 3 is 2.60 bits per heavy atom. The van der Waals surface area contributed by atoms with Gasteiger partial charge in [-0.2, -0.15) is 4.98 Å². The number of nitrogens with zero attached hydrogens (tertiary/aromatic N) is 2. The van der Waals surface area contributed by atoms with Crippen LogP contribution in [0.5, 0.6) is 11.8 Å². The third-order valence-corrected chi connectivity index (χ3v) is 2.68. The summed E-state index contributed by atoms with van der Waals surface area (Å²) in [6, 6.07) is 3.51. The zero-order chi connectivity index (χ0) is 14.7. The average molecular weight is 282 g/mol. The van der Waals surface area contributed by atoms with Crippen molar-refractivity contribution in [2.75, 3.05) is 14.2 Å². The molecule has 0 fully saturated rings. The number of aliphatic hydroxyl groups excluding tert-OH is 1. The molecule has 0 radical (unpaired) electrons. The summed E-state index contributed by atoms with van der Waals surface area (Å²) in [7, 11) is 2.72. The molecule has 1 unspecified atom stereocenters. The predicted molar refractivity (Wildman–Crippen MR) is 65.6 cm³/mol. The van der Waals surface area contributed by atoms with Crippen LogP contribution in [0, 0.1) is 11.6 Å². The lowest BCUT2D eigenvalue weighted by Gasteiger charge is -2.14. The molecule has 7 heteroatoms. The molecule has 0 aliphatic carbocycles. The Labute approximate surface area is 113 Å². The Morgan fingerprint density at radius 2 is 1.95 bits per heavy atom. The second-order valence-electron chi connectivity index (χ2n) is 3.85. The minimum Gasteiger partial charge on any atom is -0.480 e. The molecule has 1 atom stereocenters. The van der Waals surface area contributed by atoms with Crippen LogP contribution in [0.4, 0.5) is 8.78 Å². The van der Waals surface area contributed by atoms with Gasteiger partial charge in [0.25, 0.3) is 0 Å². The highest BCUT2D eigenvalue weighted by atomic mass is 19.2. The van der Waals surface area contributed by atoms with E-state index in [1.54, 1.807) is 0 Å². The second kappa shape index (κ2) is 5.79. The Hall–Kier alpha value is -2.28. The summed E-state index contributed by atoms with van der Waals surface area (Å²) in [6.45, 7) is 0. The molecule has 5 nitrogen and oxygen atoms in total. The molecule has 0 amide bonds. The number of aromatic nitrogens is 2. The van der Waals surface area contributed by atoms with Crippen molar-refractivity contribution in [1.82, 2.24) is 9.97 Å². The van der Waals surface area contributed by atoms with Gasteiger partial charge in [0.1, 0.15) is 11.8 Å². The van der Waals surface area contributed by atoms with Crippen molar-refractivity contribution in [3.05, 3.63) is 47.3 Å². The molecule has 0 aliphatic heterocycles.